The van der Waals surface area contributed by atoms with Crippen LogP contribution < -0.4 is 10.2 Å². The van der Waals surface area contributed by atoms with E-state index in [1.807, 2.05) is 24.3 Å². The van der Waals surface area contributed by atoms with Crippen molar-refractivity contribution < 1.29 is 4.39 Å². The molecule has 0 spiro atoms. The number of tetrazole rings is 1. The number of rotatable bonds is 4. The molecule has 1 N–H and O–H groups in total. The van der Waals surface area contributed by atoms with Gasteiger partial charge in [-0.25, -0.2) is 4.39 Å². The molecule has 0 radical (unpaired) electrons. The van der Waals surface area contributed by atoms with E-state index in [9.17, 15) is 4.39 Å². The van der Waals surface area contributed by atoms with Gasteiger partial charge in [0.25, 0.3) is 0 Å². The molecule has 1 unspecified atom stereocenters. The van der Waals surface area contributed by atoms with E-state index in [4.69, 9.17) is 0 Å². The fraction of sp³-hybridized carbons (Fsp3) is 0.333. The van der Waals surface area contributed by atoms with Crippen molar-refractivity contribution in [1.29, 1.82) is 0 Å². The number of fused-ring (bicyclic) bond motifs is 1. The average molecular weight is 313 g/mol. The first-order valence-electron chi connectivity index (χ1n) is 7.58. The summed E-state index contributed by atoms with van der Waals surface area (Å²) in [5.41, 5.74) is 1.30. The van der Waals surface area contributed by atoms with Crippen LogP contribution in [0.4, 0.5) is 15.9 Å². The smallest absolute Gasteiger partial charge is 0.200 e. The molecule has 8 heteroatoms. The van der Waals surface area contributed by atoms with Gasteiger partial charge in [-0.3, -0.25) is 0 Å². The largest absolute Gasteiger partial charge is 0.369 e. The summed E-state index contributed by atoms with van der Waals surface area (Å²) in [7, 11) is 0. The molecule has 0 aliphatic carbocycles. The van der Waals surface area contributed by atoms with Crippen molar-refractivity contribution in [3.8, 4) is 0 Å². The highest BCUT2D eigenvalue weighted by molar-refractivity contribution is 5.48. The molecule has 0 bridgehead atoms. The van der Waals surface area contributed by atoms with Crippen molar-refractivity contribution in [3.63, 3.8) is 0 Å². The van der Waals surface area contributed by atoms with Gasteiger partial charge in [-0.05, 0) is 47.0 Å². The van der Waals surface area contributed by atoms with Crippen LogP contribution in [0.3, 0.4) is 0 Å². The highest BCUT2D eigenvalue weighted by atomic mass is 19.1. The van der Waals surface area contributed by atoms with Crippen molar-refractivity contribution in [2.45, 2.75) is 6.42 Å². The molecule has 3 heterocycles. The van der Waals surface area contributed by atoms with E-state index in [2.05, 4.69) is 30.8 Å². The van der Waals surface area contributed by atoms with Gasteiger partial charge in [0.2, 0.25) is 0 Å². The fourth-order valence-corrected chi connectivity index (χ4v) is 2.92. The Bertz CT molecular complexity index is 818. The van der Waals surface area contributed by atoms with Crippen LogP contribution in [0.2, 0.25) is 0 Å². The second-order valence-corrected chi connectivity index (χ2v) is 5.68. The maximum absolute atomic E-state index is 13.8. The maximum Gasteiger partial charge on any atom is 0.200 e. The summed E-state index contributed by atoms with van der Waals surface area (Å²) >= 11 is 0. The van der Waals surface area contributed by atoms with Crippen LogP contribution in [-0.2, 0) is 0 Å². The summed E-state index contributed by atoms with van der Waals surface area (Å²) in [5.74, 6) is 1.02. The molecule has 2 aromatic heterocycles. The van der Waals surface area contributed by atoms with Crippen molar-refractivity contribution in [2.24, 2.45) is 5.92 Å². The zero-order valence-electron chi connectivity index (χ0n) is 12.4. The van der Waals surface area contributed by atoms with Gasteiger partial charge < -0.3 is 10.2 Å². The summed E-state index contributed by atoms with van der Waals surface area (Å²) < 4.78 is 15.2. The van der Waals surface area contributed by atoms with Crippen LogP contribution in [0.25, 0.3) is 5.65 Å². The SMILES string of the molecule is Fc1ccccc1N1CCC(CNc2ccc3nnnn3n2)C1. The van der Waals surface area contributed by atoms with Gasteiger partial charge in [0.15, 0.2) is 5.65 Å². The Morgan fingerprint density at radius 2 is 2.13 bits per heavy atom. The number of nitrogens with zero attached hydrogens (tertiary/aromatic N) is 6. The van der Waals surface area contributed by atoms with Crippen LogP contribution in [0.15, 0.2) is 36.4 Å². The molecular weight excluding hydrogens is 297 g/mol. The van der Waals surface area contributed by atoms with Crippen molar-refractivity contribution in [3.05, 3.63) is 42.2 Å². The summed E-state index contributed by atoms with van der Waals surface area (Å²) in [6.07, 6.45) is 1.02. The Kier molecular flexibility index (Phi) is 3.49. The molecule has 118 valence electrons. The Balaban J connectivity index is 1.38. The molecule has 0 amide bonds. The predicted molar refractivity (Wildman–Crippen MR) is 83.8 cm³/mol. The molecule has 3 aromatic rings. The van der Waals surface area contributed by atoms with Gasteiger partial charge in [-0.1, -0.05) is 12.1 Å². The third kappa shape index (κ3) is 2.79. The van der Waals surface area contributed by atoms with Gasteiger partial charge in [0.1, 0.15) is 11.6 Å². The van der Waals surface area contributed by atoms with Crippen molar-refractivity contribution in [1.82, 2.24) is 25.3 Å². The Labute approximate surface area is 132 Å². The molecule has 1 atom stereocenters. The number of hydrogen-bond acceptors (Lipinski definition) is 6. The van der Waals surface area contributed by atoms with Gasteiger partial charge in [0.05, 0.1) is 5.69 Å². The molecule has 1 aromatic carbocycles. The lowest BCUT2D eigenvalue weighted by atomic mass is 10.1. The number of hydrogen-bond donors (Lipinski definition) is 1. The summed E-state index contributed by atoms with van der Waals surface area (Å²) in [6.45, 7) is 2.49. The quantitative estimate of drug-likeness (QED) is 0.789. The number of benzene rings is 1. The second-order valence-electron chi connectivity index (χ2n) is 5.68. The number of para-hydroxylation sites is 1. The molecule has 1 saturated heterocycles. The summed E-state index contributed by atoms with van der Waals surface area (Å²) in [4.78, 5) is 2.10. The monoisotopic (exact) mass is 313 g/mol. The third-order valence-electron chi connectivity index (χ3n) is 4.12. The molecule has 1 aliphatic rings. The summed E-state index contributed by atoms with van der Waals surface area (Å²) in [6, 6.07) is 10.6. The van der Waals surface area contributed by atoms with E-state index < -0.39 is 0 Å². The normalized spacial score (nSPS) is 17.8. The van der Waals surface area contributed by atoms with E-state index in [1.165, 1.54) is 10.7 Å². The minimum absolute atomic E-state index is 0.160. The lowest BCUT2D eigenvalue weighted by molar-refractivity contribution is 0.609. The lowest BCUT2D eigenvalue weighted by Crippen LogP contribution is -2.23. The van der Waals surface area contributed by atoms with Crippen LogP contribution in [-0.4, -0.2) is 44.9 Å². The van der Waals surface area contributed by atoms with Gasteiger partial charge in [0, 0.05) is 19.6 Å². The first kappa shape index (κ1) is 13.9. The molecule has 1 fully saturated rings. The highest BCUT2D eigenvalue weighted by Gasteiger charge is 2.24. The molecule has 4 rings (SSSR count). The molecule has 7 nitrogen and oxygen atoms in total. The minimum Gasteiger partial charge on any atom is -0.369 e. The number of aromatic nitrogens is 5. The highest BCUT2D eigenvalue weighted by Crippen LogP contribution is 2.26. The zero-order chi connectivity index (χ0) is 15.6. The molecule has 1 aliphatic heterocycles. The van der Waals surface area contributed by atoms with Gasteiger partial charge in [-0.2, -0.15) is 0 Å². The average Bonchev–Trinajstić information content (AvgIpc) is 3.22. The predicted octanol–water partition coefficient (Wildman–Crippen LogP) is 1.60. The first-order valence-corrected chi connectivity index (χ1v) is 7.58. The van der Waals surface area contributed by atoms with Crippen LogP contribution in [0.5, 0.6) is 0 Å². The topological polar surface area (TPSA) is 71.2 Å². The molecule has 0 saturated carbocycles. The third-order valence-corrected chi connectivity index (χ3v) is 4.12. The van der Waals surface area contributed by atoms with E-state index in [1.54, 1.807) is 6.07 Å². The maximum atomic E-state index is 13.8. The molecular formula is C15H16FN7. The van der Waals surface area contributed by atoms with Crippen LogP contribution in [0, 0.1) is 11.7 Å². The fourth-order valence-electron chi connectivity index (χ4n) is 2.92. The van der Waals surface area contributed by atoms with E-state index in [0.29, 0.717) is 17.3 Å². The number of halogens is 1. The lowest BCUT2D eigenvalue weighted by Gasteiger charge is -2.19. The molecule has 23 heavy (non-hydrogen) atoms. The number of anilines is 2. The van der Waals surface area contributed by atoms with Gasteiger partial charge >= 0.3 is 0 Å². The van der Waals surface area contributed by atoms with Crippen LogP contribution >= 0.6 is 0 Å². The van der Waals surface area contributed by atoms with E-state index in [0.717, 1.165) is 31.9 Å². The standard InChI is InChI=1S/C15H16FN7/c16-12-3-1-2-4-13(12)22-8-7-11(10-22)9-17-14-5-6-15-18-20-21-23(15)19-14/h1-6,11H,7-10H2,(H,17,19). The minimum atomic E-state index is -0.160. The Morgan fingerprint density at radius 3 is 3.04 bits per heavy atom. The van der Waals surface area contributed by atoms with E-state index in [-0.39, 0.29) is 5.82 Å². The summed E-state index contributed by atoms with van der Waals surface area (Å²) in [5, 5.41) is 18.7. The van der Waals surface area contributed by atoms with E-state index >= 15 is 0 Å². The van der Waals surface area contributed by atoms with Crippen LogP contribution in [0.1, 0.15) is 6.42 Å². The van der Waals surface area contributed by atoms with Crippen molar-refractivity contribution in [2.75, 3.05) is 29.9 Å². The van der Waals surface area contributed by atoms with Gasteiger partial charge in [-0.15, -0.1) is 14.8 Å². The number of nitrogens with one attached hydrogen (secondary N) is 1. The Hall–Kier alpha value is -2.77. The zero-order valence-corrected chi connectivity index (χ0v) is 12.4. The van der Waals surface area contributed by atoms with Crippen molar-refractivity contribution >= 4 is 17.2 Å². The first-order chi connectivity index (χ1) is 11.3. The second kappa shape index (κ2) is 5.79. The Morgan fingerprint density at radius 1 is 1.22 bits per heavy atom.